The summed E-state index contributed by atoms with van der Waals surface area (Å²) in [4.78, 5) is 38.1. The highest BCUT2D eigenvalue weighted by molar-refractivity contribution is 5.80. The second-order valence-corrected chi connectivity index (χ2v) is 8.21. The van der Waals surface area contributed by atoms with E-state index < -0.39 is 6.10 Å². The molecule has 2 aromatic rings. The quantitative estimate of drug-likeness (QED) is 0.380. The SMILES string of the molecule is C[C@H](CO)Oc1cc(NCN(C)c2ccc(CN3CCN(C)CC3=O)c(C=O)n2)ncc1C#N. The van der Waals surface area contributed by atoms with Gasteiger partial charge in [0.1, 0.15) is 40.8 Å². The number of pyridine rings is 2. The van der Waals surface area contributed by atoms with E-state index in [0.29, 0.717) is 61.2 Å². The highest BCUT2D eigenvalue weighted by Crippen LogP contribution is 2.22. The Hall–Kier alpha value is -3.75. The lowest BCUT2D eigenvalue weighted by molar-refractivity contribution is -0.136. The molecule has 1 amide bonds. The van der Waals surface area contributed by atoms with Crippen molar-refractivity contribution in [3.63, 3.8) is 0 Å². The third-order valence-electron chi connectivity index (χ3n) is 5.44. The molecule has 0 unspecified atom stereocenters. The topological polar surface area (TPSA) is 135 Å². The molecule has 0 aliphatic carbocycles. The van der Waals surface area contributed by atoms with Crippen molar-refractivity contribution in [2.75, 3.05) is 57.2 Å². The number of ether oxygens (including phenoxy) is 1. The van der Waals surface area contributed by atoms with Crippen LogP contribution in [0.5, 0.6) is 5.75 Å². The lowest BCUT2D eigenvalue weighted by Crippen LogP contribution is -2.48. The van der Waals surface area contributed by atoms with Gasteiger partial charge >= 0.3 is 0 Å². The molecule has 0 aromatic carbocycles. The van der Waals surface area contributed by atoms with Crippen molar-refractivity contribution >= 4 is 23.8 Å². The zero-order valence-electron chi connectivity index (χ0n) is 19.6. The first-order valence-corrected chi connectivity index (χ1v) is 10.9. The number of amides is 1. The molecule has 3 heterocycles. The molecule has 11 nitrogen and oxygen atoms in total. The third-order valence-corrected chi connectivity index (χ3v) is 5.44. The van der Waals surface area contributed by atoms with Gasteiger partial charge in [-0.15, -0.1) is 0 Å². The van der Waals surface area contributed by atoms with Crippen LogP contribution < -0.4 is 15.0 Å². The van der Waals surface area contributed by atoms with E-state index in [0.717, 1.165) is 6.54 Å². The molecule has 3 rings (SSSR count). The molecule has 1 aliphatic rings. The Morgan fingerprint density at radius 2 is 2.21 bits per heavy atom. The Bertz CT molecular complexity index is 1070. The van der Waals surface area contributed by atoms with Crippen LogP contribution >= 0.6 is 0 Å². The summed E-state index contributed by atoms with van der Waals surface area (Å²) in [5.74, 6) is 1.41. The summed E-state index contributed by atoms with van der Waals surface area (Å²) in [5.41, 5.74) is 1.26. The zero-order chi connectivity index (χ0) is 24.7. The van der Waals surface area contributed by atoms with Gasteiger partial charge < -0.3 is 25.0 Å². The van der Waals surface area contributed by atoms with Gasteiger partial charge in [-0.05, 0) is 20.0 Å². The number of nitriles is 1. The molecule has 1 saturated heterocycles. The molecular formula is C23H29N7O4. The summed E-state index contributed by atoms with van der Waals surface area (Å²) in [6, 6.07) is 7.23. The fourth-order valence-electron chi connectivity index (χ4n) is 3.39. The summed E-state index contributed by atoms with van der Waals surface area (Å²) in [6.07, 6.45) is 1.64. The third kappa shape index (κ3) is 6.18. The number of carbonyl (C=O) groups is 2. The molecule has 34 heavy (non-hydrogen) atoms. The van der Waals surface area contributed by atoms with Crippen molar-refractivity contribution in [3.8, 4) is 11.8 Å². The maximum Gasteiger partial charge on any atom is 0.237 e. The zero-order valence-corrected chi connectivity index (χ0v) is 19.6. The van der Waals surface area contributed by atoms with E-state index in [1.165, 1.54) is 6.20 Å². The minimum atomic E-state index is -0.462. The molecule has 0 radical (unpaired) electrons. The molecular weight excluding hydrogens is 438 g/mol. The van der Waals surface area contributed by atoms with Gasteiger partial charge in [0.2, 0.25) is 5.91 Å². The number of aldehydes is 1. The molecule has 1 fully saturated rings. The lowest BCUT2D eigenvalue weighted by Gasteiger charge is -2.32. The van der Waals surface area contributed by atoms with Crippen molar-refractivity contribution in [1.29, 1.82) is 5.26 Å². The van der Waals surface area contributed by atoms with Crippen LogP contribution in [-0.4, -0.2) is 90.2 Å². The van der Waals surface area contributed by atoms with Gasteiger partial charge in [-0.25, -0.2) is 9.97 Å². The minimum Gasteiger partial charge on any atom is -0.487 e. The fraction of sp³-hybridized carbons (Fsp3) is 0.435. The van der Waals surface area contributed by atoms with Gasteiger partial charge in [-0.3, -0.25) is 14.5 Å². The maximum absolute atomic E-state index is 12.3. The highest BCUT2D eigenvalue weighted by atomic mass is 16.5. The number of carbonyl (C=O) groups excluding carboxylic acids is 2. The molecule has 2 aromatic heterocycles. The molecule has 0 spiro atoms. The van der Waals surface area contributed by atoms with Gasteiger partial charge in [0.25, 0.3) is 0 Å². The Labute approximate surface area is 198 Å². The number of hydrogen-bond donors (Lipinski definition) is 2. The average Bonchev–Trinajstić information content (AvgIpc) is 2.84. The standard InChI is InChI=1S/C23H29N7O4/c1-16(13-31)34-20-8-21(25-10-18(20)9-24)26-15-29(3)22-5-4-17(19(14-32)27-22)11-30-7-6-28(2)12-23(30)33/h4-5,8,10,14,16,31H,6-7,11-13,15H2,1-3H3,(H,25,26)/t16-/m1/s1. The molecule has 2 N–H and O–H groups in total. The monoisotopic (exact) mass is 467 g/mol. The number of nitrogens with zero attached hydrogens (tertiary/aromatic N) is 6. The van der Waals surface area contributed by atoms with E-state index in [2.05, 4.69) is 15.3 Å². The normalized spacial score (nSPS) is 14.9. The molecule has 11 heteroatoms. The second kappa shape index (κ2) is 11.4. The molecule has 180 valence electrons. The number of rotatable bonds is 10. The van der Waals surface area contributed by atoms with Crippen LogP contribution in [-0.2, 0) is 11.3 Å². The molecule has 0 bridgehead atoms. The van der Waals surface area contributed by atoms with E-state index in [1.807, 2.05) is 31.1 Å². The van der Waals surface area contributed by atoms with Gasteiger partial charge in [0.05, 0.1) is 26.0 Å². The van der Waals surface area contributed by atoms with Crippen LogP contribution in [0.25, 0.3) is 0 Å². The Balaban J connectivity index is 1.66. The number of aromatic nitrogens is 2. The van der Waals surface area contributed by atoms with E-state index in [-0.39, 0.29) is 18.1 Å². The maximum atomic E-state index is 12.3. The summed E-state index contributed by atoms with van der Waals surface area (Å²) in [6.45, 7) is 3.95. The molecule has 1 aliphatic heterocycles. The number of aliphatic hydroxyl groups is 1. The predicted octanol–water partition coefficient (Wildman–Crippen LogP) is 0.700. The largest absolute Gasteiger partial charge is 0.487 e. The van der Waals surface area contributed by atoms with E-state index in [1.54, 1.807) is 28.9 Å². The summed E-state index contributed by atoms with van der Waals surface area (Å²) in [7, 11) is 3.71. The number of aliphatic hydroxyl groups excluding tert-OH is 1. The van der Waals surface area contributed by atoms with Gasteiger partial charge in [0, 0.05) is 38.3 Å². The molecule has 1 atom stereocenters. The van der Waals surface area contributed by atoms with E-state index in [9.17, 15) is 20.0 Å². The van der Waals surface area contributed by atoms with Crippen LogP contribution in [0.3, 0.4) is 0 Å². The van der Waals surface area contributed by atoms with Crippen molar-refractivity contribution in [2.24, 2.45) is 0 Å². The molecule has 0 saturated carbocycles. The van der Waals surface area contributed by atoms with Gasteiger partial charge in [-0.1, -0.05) is 6.07 Å². The van der Waals surface area contributed by atoms with Gasteiger partial charge in [0.15, 0.2) is 6.29 Å². The summed E-state index contributed by atoms with van der Waals surface area (Å²) < 4.78 is 5.59. The average molecular weight is 468 g/mol. The van der Waals surface area contributed by atoms with Gasteiger partial charge in [-0.2, -0.15) is 5.26 Å². The van der Waals surface area contributed by atoms with Crippen LogP contribution in [0.1, 0.15) is 28.5 Å². The fourth-order valence-corrected chi connectivity index (χ4v) is 3.39. The van der Waals surface area contributed by atoms with Crippen LogP contribution in [0.4, 0.5) is 11.6 Å². The van der Waals surface area contributed by atoms with Crippen LogP contribution in [0.15, 0.2) is 24.4 Å². The number of piperazine rings is 1. The van der Waals surface area contributed by atoms with Crippen molar-refractivity contribution in [1.82, 2.24) is 19.8 Å². The van der Waals surface area contributed by atoms with Crippen molar-refractivity contribution < 1.29 is 19.4 Å². The number of anilines is 2. The smallest absolute Gasteiger partial charge is 0.237 e. The number of nitrogens with one attached hydrogen (secondary N) is 1. The Morgan fingerprint density at radius 1 is 1.41 bits per heavy atom. The first-order valence-electron chi connectivity index (χ1n) is 10.9. The summed E-state index contributed by atoms with van der Waals surface area (Å²) in [5, 5.41) is 21.6. The number of likely N-dealkylation sites (N-methyl/N-ethyl adjacent to an activating group) is 1. The number of hydrogen-bond acceptors (Lipinski definition) is 10. The lowest BCUT2D eigenvalue weighted by atomic mass is 10.1. The van der Waals surface area contributed by atoms with Crippen molar-refractivity contribution in [2.45, 2.75) is 19.6 Å². The van der Waals surface area contributed by atoms with Crippen LogP contribution in [0, 0.1) is 11.3 Å². The Morgan fingerprint density at radius 3 is 2.88 bits per heavy atom. The van der Waals surface area contributed by atoms with Crippen molar-refractivity contribution in [3.05, 3.63) is 41.2 Å². The summed E-state index contributed by atoms with van der Waals surface area (Å²) >= 11 is 0. The van der Waals surface area contributed by atoms with Crippen LogP contribution in [0.2, 0.25) is 0 Å². The first-order chi connectivity index (χ1) is 16.3. The minimum absolute atomic E-state index is 0.0302. The Kier molecular flexibility index (Phi) is 8.34. The van der Waals surface area contributed by atoms with E-state index >= 15 is 0 Å². The second-order valence-electron chi connectivity index (χ2n) is 8.21. The van der Waals surface area contributed by atoms with E-state index in [4.69, 9.17) is 4.74 Å². The highest BCUT2D eigenvalue weighted by Gasteiger charge is 2.22. The first kappa shape index (κ1) is 24.9. The predicted molar refractivity (Wildman–Crippen MR) is 126 cm³/mol.